The lowest BCUT2D eigenvalue weighted by molar-refractivity contribution is -0.388. The SMILES string of the molecule is Cc1cc(F)c([N+](=O)[O-])c(C)c1S(=O)(=O)NOCC(N)=O. The highest BCUT2D eigenvalue weighted by atomic mass is 32.2. The second-order valence-corrected chi connectivity index (χ2v) is 5.66. The standard InChI is InChI=1S/C10H12FN3O6S/c1-5-3-7(11)9(14(16)17)6(2)10(5)21(18,19)13-20-4-8(12)15/h3,13H,4H2,1-2H3,(H2,12,15). The third-order valence-electron chi connectivity index (χ3n) is 2.46. The van der Waals surface area contributed by atoms with Crippen LogP contribution in [-0.4, -0.2) is 25.9 Å². The van der Waals surface area contributed by atoms with E-state index in [0.29, 0.717) is 0 Å². The van der Waals surface area contributed by atoms with Crippen LogP contribution >= 0.6 is 0 Å². The van der Waals surface area contributed by atoms with Crippen LogP contribution in [0.1, 0.15) is 11.1 Å². The summed E-state index contributed by atoms with van der Waals surface area (Å²) in [5.74, 6) is -2.07. The van der Waals surface area contributed by atoms with Crippen LogP contribution in [0.25, 0.3) is 0 Å². The van der Waals surface area contributed by atoms with Gasteiger partial charge in [-0.2, -0.15) is 4.39 Å². The quantitative estimate of drug-likeness (QED) is 0.560. The molecule has 3 N–H and O–H groups in total. The summed E-state index contributed by atoms with van der Waals surface area (Å²) in [6.07, 6.45) is 0. The number of nitro benzene ring substituents is 1. The number of nitro groups is 1. The first-order valence-corrected chi connectivity index (χ1v) is 6.92. The fraction of sp³-hybridized carbons (Fsp3) is 0.300. The maximum absolute atomic E-state index is 13.5. The fourth-order valence-electron chi connectivity index (χ4n) is 1.76. The molecule has 0 bridgehead atoms. The zero-order valence-corrected chi connectivity index (χ0v) is 11.9. The number of primary amides is 1. The highest BCUT2D eigenvalue weighted by Gasteiger charge is 2.29. The van der Waals surface area contributed by atoms with E-state index >= 15 is 0 Å². The molecule has 1 aromatic rings. The molecule has 0 spiro atoms. The molecule has 0 aliphatic rings. The zero-order valence-electron chi connectivity index (χ0n) is 11.0. The summed E-state index contributed by atoms with van der Waals surface area (Å²) in [7, 11) is -4.34. The third kappa shape index (κ3) is 3.71. The molecule has 1 amide bonds. The molecule has 0 aliphatic carbocycles. The molecule has 0 fully saturated rings. The highest BCUT2D eigenvalue weighted by Crippen LogP contribution is 2.30. The topological polar surface area (TPSA) is 142 Å². The maximum Gasteiger partial charge on any atom is 0.309 e. The van der Waals surface area contributed by atoms with Gasteiger partial charge in [-0.25, -0.2) is 8.42 Å². The van der Waals surface area contributed by atoms with Crippen molar-refractivity contribution in [3.63, 3.8) is 0 Å². The van der Waals surface area contributed by atoms with Crippen LogP contribution < -0.4 is 10.6 Å². The first-order chi connectivity index (χ1) is 9.58. The van der Waals surface area contributed by atoms with Gasteiger partial charge >= 0.3 is 5.69 Å². The Morgan fingerprint density at radius 2 is 2.10 bits per heavy atom. The van der Waals surface area contributed by atoms with Gasteiger partial charge < -0.3 is 5.73 Å². The van der Waals surface area contributed by atoms with Gasteiger partial charge in [0, 0.05) is 0 Å². The lowest BCUT2D eigenvalue weighted by Gasteiger charge is -2.12. The lowest BCUT2D eigenvalue weighted by Crippen LogP contribution is -2.30. The Hall–Kier alpha value is -2.11. The minimum Gasteiger partial charge on any atom is -0.368 e. The number of hydrogen-bond acceptors (Lipinski definition) is 6. The van der Waals surface area contributed by atoms with Gasteiger partial charge in [-0.3, -0.25) is 19.7 Å². The fourth-order valence-corrected chi connectivity index (χ4v) is 3.04. The average Bonchev–Trinajstić information content (AvgIpc) is 2.25. The summed E-state index contributed by atoms with van der Waals surface area (Å²) in [4.78, 5) is 25.7. The van der Waals surface area contributed by atoms with Crippen molar-refractivity contribution >= 4 is 21.6 Å². The van der Waals surface area contributed by atoms with Crippen LogP contribution in [0.5, 0.6) is 0 Å². The van der Waals surface area contributed by atoms with Crippen LogP contribution in [0, 0.1) is 29.8 Å². The summed E-state index contributed by atoms with van der Waals surface area (Å²) in [5, 5.41) is 10.8. The number of hydrogen-bond donors (Lipinski definition) is 2. The molecule has 0 unspecified atom stereocenters. The first kappa shape index (κ1) is 16.9. The molecule has 0 heterocycles. The summed E-state index contributed by atoms with van der Waals surface area (Å²) >= 11 is 0. The van der Waals surface area contributed by atoms with Crippen molar-refractivity contribution in [2.75, 3.05) is 6.61 Å². The minimum absolute atomic E-state index is 0.0502. The summed E-state index contributed by atoms with van der Waals surface area (Å²) in [6, 6.07) is 0.730. The summed E-state index contributed by atoms with van der Waals surface area (Å²) < 4.78 is 37.6. The van der Waals surface area contributed by atoms with Crippen molar-refractivity contribution < 1.29 is 27.4 Å². The molecule has 0 saturated heterocycles. The van der Waals surface area contributed by atoms with Gasteiger partial charge in [0.05, 0.1) is 15.4 Å². The van der Waals surface area contributed by atoms with E-state index in [1.807, 2.05) is 0 Å². The first-order valence-electron chi connectivity index (χ1n) is 5.44. The van der Waals surface area contributed by atoms with E-state index < -0.39 is 43.9 Å². The molecule has 0 saturated carbocycles. The molecule has 116 valence electrons. The van der Waals surface area contributed by atoms with Gasteiger partial charge in [-0.05, 0) is 25.5 Å². The number of nitrogens with zero attached hydrogens (tertiary/aromatic N) is 1. The zero-order chi connectivity index (χ0) is 16.4. The second-order valence-electron chi connectivity index (χ2n) is 4.08. The van der Waals surface area contributed by atoms with E-state index in [0.717, 1.165) is 13.0 Å². The van der Waals surface area contributed by atoms with Crippen molar-refractivity contribution in [3.05, 3.63) is 33.1 Å². The van der Waals surface area contributed by atoms with Crippen molar-refractivity contribution in [1.29, 1.82) is 0 Å². The number of benzene rings is 1. The van der Waals surface area contributed by atoms with Gasteiger partial charge in [-0.1, -0.05) is 4.89 Å². The Morgan fingerprint density at radius 1 is 1.52 bits per heavy atom. The number of nitrogens with two attached hydrogens (primary N) is 1. The minimum atomic E-state index is -4.34. The number of aryl methyl sites for hydroxylation is 1. The van der Waals surface area contributed by atoms with Crippen LogP contribution in [-0.2, 0) is 19.7 Å². The van der Waals surface area contributed by atoms with Gasteiger partial charge in [0.15, 0.2) is 0 Å². The Balaban J connectivity index is 3.32. The smallest absolute Gasteiger partial charge is 0.309 e. The Labute approximate surface area is 119 Å². The number of carbonyl (C=O) groups excluding carboxylic acids is 1. The third-order valence-corrected chi connectivity index (χ3v) is 3.96. The van der Waals surface area contributed by atoms with Crippen molar-refractivity contribution in [3.8, 4) is 0 Å². The normalized spacial score (nSPS) is 11.4. The highest BCUT2D eigenvalue weighted by molar-refractivity contribution is 7.89. The second kappa shape index (κ2) is 6.11. The molecule has 0 aliphatic heterocycles. The molecule has 0 aromatic heterocycles. The van der Waals surface area contributed by atoms with E-state index in [1.54, 1.807) is 4.89 Å². The molecule has 1 rings (SSSR count). The summed E-state index contributed by atoms with van der Waals surface area (Å²) in [5.41, 5.74) is 3.39. The van der Waals surface area contributed by atoms with Crippen molar-refractivity contribution in [2.24, 2.45) is 5.73 Å². The number of carbonyl (C=O) groups is 1. The molecule has 1 aromatic carbocycles. The molecule has 0 radical (unpaired) electrons. The largest absolute Gasteiger partial charge is 0.368 e. The maximum atomic E-state index is 13.5. The van der Waals surface area contributed by atoms with Gasteiger partial charge in [0.2, 0.25) is 11.7 Å². The number of halogens is 1. The lowest BCUT2D eigenvalue weighted by atomic mass is 10.1. The average molecular weight is 321 g/mol. The van der Waals surface area contributed by atoms with E-state index in [-0.39, 0.29) is 11.1 Å². The molecule has 21 heavy (non-hydrogen) atoms. The molecule has 0 atom stereocenters. The number of nitrogens with one attached hydrogen (secondary N) is 1. The van der Waals surface area contributed by atoms with Crippen LogP contribution in [0.15, 0.2) is 11.0 Å². The molecular formula is C10H12FN3O6S. The summed E-state index contributed by atoms with van der Waals surface area (Å²) in [6.45, 7) is 1.64. The van der Waals surface area contributed by atoms with Gasteiger partial charge in [0.1, 0.15) is 6.61 Å². The van der Waals surface area contributed by atoms with Crippen LogP contribution in [0.2, 0.25) is 0 Å². The van der Waals surface area contributed by atoms with Gasteiger partial charge in [0.25, 0.3) is 10.0 Å². The number of amides is 1. The van der Waals surface area contributed by atoms with Crippen LogP contribution in [0.3, 0.4) is 0 Å². The van der Waals surface area contributed by atoms with Crippen molar-refractivity contribution in [1.82, 2.24) is 4.89 Å². The van der Waals surface area contributed by atoms with Gasteiger partial charge in [-0.15, -0.1) is 0 Å². The molecule has 9 nitrogen and oxygen atoms in total. The Kier molecular flexibility index (Phi) is 4.93. The van der Waals surface area contributed by atoms with E-state index in [1.165, 1.54) is 6.92 Å². The van der Waals surface area contributed by atoms with E-state index in [9.17, 15) is 27.7 Å². The Bertz CT molecular complexity index is 703. The molecular weight excluding hydrogens is 309 g/mol. The van der Waals surface area contributed by atoms with E-state index in [2.05, 4.69) is 4.84 Å². The van der Waals surface area contributed by atoms with Crippen molar-refractivity contribution in [2.45, 2.75) is 18.7 Å². The monoisotopic (exact) mass is 321 g/mol. The van der Waals surface area contributed by atoms with Crippen LogP contribution in [0.4, 0.5) is 10.1 Å². The predicted molar refractivity (Wildman–Crippen MR) is 68.0 cm³/mol. The molecule has 11 heteroatoms. The number of rotatable bonds is 6. The van der Waals surface area contributed by atoms with E-state index in [4.69, 9.17) is 5.73 Å². The number of sulfonamides is 1. The Morgan fingerprint density at radius 3 is 2.57 bits per heavy atom. The predicted octanol–water partition coefficient (Wildman–Crippen LogP) is 0.0459.